The second-order valence-electron chi connectivity index (χ2n) is 6.30. The zero-order valence-electron chi connectivity index (χ0n) is 12.3. The van der Waals surface area contributed by atoms with Crippen LogP contribution in [0.25, 0.3) is 0 Å². The summed E-state index contributed by atoms with van der Waals surface area (Å²) >= 11 is 0. The van der Waals surface area contributed by atoms with E-state index in [-0.39, 0.29) is 0 Å². The highest BCUT2D eigenvalue weighted by Gasteiger charge is 2.15. The van der Waals surface area contributed by atoms with Gasteiger partial charge < -0.3 is 4.74 Å². The second-order valence-corrected chi connectivity index (χ2v) is 6.30. The molecule has 1 heteroatoms. The Kier molecular flexibility index (Phi) is 8.09. The fraction of sp³-hybridized carbons (Fsp3) is 1.00. The maximum atomic E-state index is 5.90. The minimum atomic E-state index is 0.382. The molecule has 16 heavy (non-hydrogen) atoms. The van der Waals surface area contributed by atoms with E-state index in [1.165, 1.54) is 25.7 Å². The predicted octanol–water partition coefficient (Wildman–Crippen LogP) is 5.04. The molecule has 2 atom stereocenters. The number of rotatable bonds is 8. The third kappa shape index (κ3) is 9.21. The van der Waals surface area contributed by atoms with Crippen LogP contribution in [0.5, 0.6) is 0 Å². The first-order valence-corrected chi connectivity index (χ1v) is 7.00. The highest BCUT2D eigenvalue weighted by atomic mass is 16.5. The van der Waals surface area contributed by atoms with E-state index in [1.807, 2.05) is 0 Å². The third-order valence-electron chi connectivity index (χ3n) is 3.10. The van der Waals surface area contributed by atoms with Crippen molar-refractivity contribution in [2.75, 3.05) is 6.61 Å². The first-order valence-electron chi connectivity index (χ1n) is 7.00. The molecule has 0 rings (SSSR count). The topological polar surface area (TPSA) is 9.23 Å². The van der Waals surface area contributed by atoms with Crippen LogP contribution in [-0.4, -0.2) is 12.7 Å². The molecule has 0 fully saturated rings. The summed E-state index contributed by atoms with van der Waals surface area (Å²) in [6.07, 6.45) is 6.74. The molecular weight excluding hydrogens is 196 g/mol. The Morgan fingerprint density at radius 3 is 2.12 bits per heavy atom. The van der Waals surface area contributed by atoms with Gasteiger partial charge in [-0.2, -0.15) is 0 Å². The molecule has 0 spiro atoms. The maximum Gasteiger partial charge on any atom is 0.0552 e. The van der Waals surface area contributed by atoms with Crippen molar-refractivity contribution in [3.05, 3.63) is 0 Å². The minimum Gasteiger partial charge on any atom is -0.378 e. The molecule has 0 heterocycles. The Morgan fingerprint density at radius 1 is 1.06 bits per heavy atom. The highest BCUT2D eigenvalue weighted by Crippen LogP contribution is 2.22. The van der Waals surface area contributed by atoms with Gasteiger partial charge in [-0.05, 0) is 31.1 Å². The van der Waals surface area contributed by atoms with Gasteiger partial charge >= 0.3 is 0 Å². The SMILES string of the molecule is CCCC(CC)CCOC(C)CC(C)(C)C. The van der Waals surface area contributed by atoms with Gasteiger partial charge in [0.05, 0.1) is 6.10 Å². The molecule has 0 saturated carbocycles. The smallest absolute Gasteiger partial charge is 0.0552 e. The summed E-state index contributed by atoms with van der Waals surface area (Å²) in [6.45, 7) is 14.5. The Balaban J connectivity index is 3.63. The first kappa shape index (κ1) is 16.0. The summed E-state index contributed by atoms with van der Waals surface area (Å²) < 4.78 is 5.90. The van der Waals surface area contributed by atoms with Crippen molar-refractivity contribution < 1.29 is 4.74 Å². The van der Waals surface area contributed by atoms with Crippen LogP contribution in [0.4, 0.5) is 0 Å². The van der Waals surface area contributed by atoms with Gasteiger partial charge in [0, 0.05) is 6.61 Å². The van der Waals surface area contributed by atoms with Crippen molar-refractivity contribution in [3.8, 4) is 0 Å². The van der Waals surface area contributed by atoms with E-state index in [9.17, 15) is 0 Å². The van der Waals surface area contributed by atoms with Gasteiger partial charge in [-0.25, -0.2) is 0 Å². The Bertz CT molecular complexity index is 157. The summed E-state index contributed by atoms with van der Waals surface area (Å²) in [7, 11) is 0. The van der Waals surface area contributed by atoms with Gasteiger partial charge in [0.2, 0.25) is 0 Å². The standard InChI is InChI=1S/C15H32O/c1-7-9-14(8-2)10-11-16-13(3)12-15(4,5)6/h13-14H,7-12H2,1-6H3. The summed E-state index contributed by atoms with van der Waals surface area (Å²) in [5.74, 6) is 0.867. The molecule has 0 bridgehead atoms. The lowest BCUT2D eigenvalue weighted by molar-refractivity contribution is 0.0300. The number of ether oxygens (including phenoxy) is 1. The summed E-state index contributed by atoms with van der Waals surface area (Å²) in [4.78, 5) is 0. The number of hydrogen-bond acceptors (Lipinski definition) is 1. The normalized spacial score (nSPS) is 16.1. The quantitative estimate of drug-likeness (QED) is 0.565. The molecule has 0 aliphatic rings. The van der Waals surface area contributed by atoms with Crippen molar-refractivity contribution in [2.45, 2.75) is 79.8 Å². The average Bonchev–Trinajstić information content (AvgIpc) is 2.13. The van der Waals surface area contributed by atoms with Gasteiger partial charge in [0.15, 0.2) is 0 Å². The monoisotopic (exact) mass is 228 g/mol. The molecule has 0 radical (unpaired) electrons. The second kappa shape index (κ2) is 8.11. The molecule has 2 unspecified atom stereocenters. The lowest BCUT2D eigenvalue weighted by Crippen LogP contribution is -2.19. The predicted molar refractivity (Wildman–Crippen MR) is 72.8 cm³/mol. The van der Waals surface area contributed by atoms with Gasteiger partial charge in [-0.15, -0.1) is 0 Å². The van der Waals surface area contributed by atoms with Crippen molar-refractivity contribution in [2.24, 2.45) is 11.3 Å². The van der Waals surface area contributed by atoms with E-state index < -0.39 is 0 Å². The molecule has 0 saturated heterocycles. The van der Waals surface area contributed by atoms with Gasteiger partial charge in [0.1, 0.15) is 0 Å². The van der Waals surface area contributed by atoms with Crippen molar-refractivity contribution in [3.63, 3.8) is 0 Å². The van der Waals surface area contributed by atoms with E-state index in [0.717, 1.165) is 18.9 Å². The van der Waals surface area contributed by atoms with E-state index in [4.69, 9.17) is 4.74 Å². The van der Waals surface area contributed by atoms with E-state index >= 15 is 0 Å². The lowest BCUT2D eigenvalue weighted by atomic mass is 9.90. The van der Waals surface area contributed by atoms with Crippen LogP contribution < -0.4 is 0 Å². The van der Waals surface area contributed by atoms with Crippen LogP contribution >= 0.6 is 0 Å². The number of hydrogen-bond donors (Lipinski definition) is 0. The van der Waals surface area contributed by atoms with Crippen LogP contribution in [0, 0.1) is 11.3 Å². The molecule has 0 N–H and O–H groups in total. The molecule has 0 aromatic carbocycles. The van der Waals surface area contributed by atoms with Crippen LogP contribution in [0.15, 0.2) is 0 Å². The zero-order chi connectivity index (χ0) is 12.6. The molecular formula is C15H32O. The highest BCUT2D eigenvalue weighted by molar-refractivity contribution is 4.66. The van der Waals surface area contributed by atoms with Crippen LogP contribution in [0.2, 0.25) is 0 Å². The maximum absolute atomic E-state index is 5.90. The molecule has 0 aliphatic heterocycles. The molecule has 98 valence electrons. The van der Waals surface area contributed by atoms with Crippen molar-refractivity contribution in [1.82, 2.24) is 0 Å². The van der Waals surface area contributed by atoms with Crippen LogP contribution in [0.3, 0.4) is 0 Å². The summed E-state index contributed by atoms with van der Waals surface area (Å²) in [5, 5.41) is 0. The summed E-state index contributed by atoms with van der Waals surface area (Å²) in [5.41, 5.74) is 0.382. The summed E-state index contributed by atoms with van der Waals surface area (Å²) in [6, 6.07) is 0. The van der Waals surface area contributed by atoms with E-state index in [2.05, 4.69) is 41.5 Å². The fourth-order valence-electron chi connectivity index (χ4n) is 2.32. The third-order valence-corrected chi connectivity index (χ3v) is 3.10. The van der Waals surface area contributed by atoms with E-state index in [1.54, 1.807) is 0 Å². The minimum absolute atomic E-state index is 0.382. The lowest BCUT2D eigenvalue weighted by Gasteiger charge is -2.24. The van der Waals surface area contributed by atoms with Gasteiger partial charge in [-0.1, -0.05) is 53.9 Å². The molecule has 0 aromatic rings. The first-order chi connectivity index (χ1) is 7.39. The molecule has 0 aliphatic carbocycles. The zero-order valence-corrected chi connectivity index (χ0v) is 12.3. The Labute approximate surface area is 103 Å². The Morgan fingerprint density at radius 2 is 1.69 bits per heavy atom. The molecule has 0 aromatic heterocycles. The molecule has 0 amide bonds. The van der Waals surface area contributed by atoms with Crippen LogP contribution in [0.1, 0.15) is 73.6 Å². The van der Waals surface area contributed by atoms with Crippen molar-refractivity contribution in [1.29, 1.82) is 0 Å². The molecule has 1 nitrogen and oxygen atoms in total. The van der Waals surface area contributed by atoms with Crippen molar-refractivity contribution >= 4 is 0 Å². The van der Waals surface area contributed by atoms with Gasteiger partial charge in [0.25, 0.3) is 0 Å². The Hall–Kier alpha value is -0.0400. The fourth-order valence-corrected chi connectivity index (χ4v) is 2.32. The average molecular weight is 228 g/mol. The van der Waals surface area contributed by atoms with E-state index in [0.29, 0.717) is 11.5 Å². The van der Waals surface area contributed by atoms with Gasteiger partial charge in [-0.3, -0.25) is 0 Å². The largest absolute Gasteiger partial charge is 0.378 e. The van der Waals surface area contributed by atoms with Crippen LogP contribution in [-0.2, 0) is 4.74 Å².